The normalized spacial score (nSPS) is 25.3. The fraction of sp³-hybridized carbons (Fsp3) is 0.571. The van der Waals surface area contributed by atoms with Gasteiger partial charge in [0.2, 0.25) is 0 Å². The number of β-amino-alcohol motifs (C(OH)–C–C–N with tert-alkyl or cyclic N) is 1. The molecule has 1 heterocycles. The Morgan fingerprint density at radius 3 is 2.67 bits per heavy atom. The van der Waals surface area contributed by atoms with Crippen molar-refractivity contribution in [3.63, 3.8) is 0 Å². The van der Waals surface area contributed by atoms with Crippen molar-refractivity contribution in [1.29, 1.82) is 0 Å². The van der Waals surface area contributed by atoms with Crippen LogP contribution in [-0.2, 0) is 6.42 Å². The largest absolute Gasteiger partial charge is 0.395 e. The third kappa shape index (κ3) is 3.95. The number of nitrogens with two attached hydrogens (primary N) is 1. The smallest absolute Gasteiger partial charge is 0.0558 e. The summed E-state index contributed by atoms with van der Waals surface area (Å²) in [6, 6.07) is 8.26. The van der Waals surface area contributed by atoms with E-state index in [1.54, 1.807) is 0 Å². The molecule has 2 rings (SSSR count). The van der Waals surface area contributed by atoms with E-state index in [1.165, 1.54) is 5.56 Å². The highest BCUT2D eigenvalue weighted by Crippen LogP contribution is 2.21. The Labute approximate surface area is 114 Å². The molecule has 3 N–H and O–H groups in total. The molecule has 1 aromatic rings. The molecule has 0 aliphatic carbocycles. The summed E-state index contributed by atoms with van der Waals surface area (Å²) in [4.78, 5) is 2.26. The van der Waals surface area contributed by atoms with E-state index in [9.17, 15) is 0 Å². The molecule has 100 valence electrons. The van der Waals surface area contributed by atoms with Gasteiger partial charge in [0.25, 0.3) is 0 Å². The quantitative estimate of drug-likeness (QED) is 0.871. The van der Waals surface area contributed by atoms with E-state index < -0.39 is 0 Å². The van der Waals surface area contributed by atoms with E-state index in [-0.39, 0.29) is 12.6 Å². The van der Waals surface area contributed by atoms with E-state index in [4.69, 9.17) is 22.4 Å². The number of piperidine rings is 1. The van der Waals surface area contributed by atoms with Crippen LogP contribution in [-0.4, -0.2) is 42.3 Å². The van der Waals surface area contributed by atoms with Crippen LogP contribution in [0, 0.1) is 5.92 Å². The summed E-state index contributed by atoms with van der Waals surface area (Å²) in [6.45, 7) is 2.86. The van der Waals surface area contributed by atoms with Crippen molar-refractivity contribution in [3.05, 3.63) is 34.9 Å². The molecular weight excluding hydrogens is 248 g/mol. The molecule has 1 aromatic carbocycles. The summed E-state index contributed by atoms with van der Waals surface area (Å²) < 4.78 is 0. The zero-order valence-corrected chi connectivity index (χ0v) is 11.3. The van der Waals surface area contributed by atoms with E-state index in [0.29, 0.717) is 5.92 Å². The Morgan fingerprint density at radius 2 is 2.00 bits per heavy atom. The van der Waals surface area contributed by atoms with Crippen molar-refractivity contribution in [3.8, 4) is 0 Å². The summed E-state index contributed by atoms with van der Waals surface area (Å²) in [6.07, 6.45) is 2.09. The van der Waals surface area contributed by atoms with Crippen LogP contribution >= 0.6 is 11.6 Å². The van der Waals surface area contributed by atoms with Gasteiger partial charge in [-0.25, -0.2) is 0 Å². The molecule has 1 aliphatic rings. The lowest BCUT2D eigenvalue weighted by Gasteiger charge is -2.36. The molecule has 0 aromatic heterocycles. The van der Waals surface area contributed by atoms with Crippen molar-refractivity contribution >= 4 is 11.6 Å². The second-order valence-corrected chi connectivity index (χ2v) is 5.61. The maximum absolute atomic E-state index is 9.01. The van der Waals surface area contributed by atoms with Gasteiger partial charge in [-0.05, 0) is 36.5 Å². The van der Waals surface area contributed by atoms with Crippen LogP contribution in [0.3, 0.4) is 0 Å². The van der Waals surface area contributed by atoms with E-state index in [2.05, 4.69) is 17.0 Å². The molecule has 1 aliphatic heterocycles. The molecule has 0 radical (unpaired) electrons. The molecule has 2 unspecified atom stereocenters. The van der Waals surface area contributed by atoms with Gasteiger partial charge >= 0.3 is 0 Å². The number of aliphatic hydroxyl groups excluding tert-OH is 1. The third-order valence-corrected chi connectivity index (χ3v) is 3.75. The molecular formula is C14H21ClN2O. The van der Waals surface area contributed by atoms with Gasteiger partial charge in [0, 0.05) is 30.7 Å². The molecule has 0 spiro atoms. The van der Waals surface area contributed by atoms with Crippen LogP contribution in [0.15, 0.2) is 24.3 Å². The first kappa shape index (κ1) is 13.8. The number of rotatable bonds is 4. The summed E-state index contributed by atoms with van der Waals surface area (Å²) in [5, 5.41) is 9.79. The second-order valence-electron chi connectivity index (χ2n) is 5.18. The lowest BCUT2D eigenvalue weighted by atomic mass is 9.89. The van der Waals surface area contributed by atoms with Crippen LogP contribution < -0.4 is 5.73 Å². The monoisotopic (exact) mass is 268 g/mol. The van der Waals surface area contributed by atoms with Gasteiger partial charge < -0.3 is 10.8 Å². The number of halogens is 1. The maximum Gasteiger partial charge on any atom is 0.0558 e. The van der Waals surface area contributed by atoms with Gasteiger partial charge in [-0.1, -0.05) is 23.7 Å². The number of nitrogens with zero attached hydrogens (tertiary/aromatic N) is 1. The van der Waals surface area contributed by atoms with Crippen LogP contribution in [0.1, 0.15) is 12.0 Å². The predicted octanol–water partition coefficient (Wildman–Crippen LogP) is 1.52. The minimum atomic E-state index is 0.209. The average Bonchev–Trinajstić information content (AvgIpc) is 2.32. The van der Waals surface area contributed by atoms with Gasteiger partial charge in [0.05, 0.1) is 6.61 Å². The van der Waals surface area contributed by atoms with Crippen molar-refractivity contribution in [2.45, 2.75) is 18.9 Å². The number of hydrogen-bond donors (Lipinski definition) is 2. The Balaban J connectivity index is 1.93. The van der Waals surface area contributed by atoms with Gasteiger partial charge in [-0.15, -0.1) is 0 Å². The van der Waals surface area contributed by atoms with Crippen LogP contribution in [0.4, 0.5) is 0 Å². The number of hydrogen-bond acceptors (Lipinski definition) is 3. The number of benzene rings is 1. The molecule has 4 heteroatoms. The fourth-order valence-electron chi connectivity index (χ4n) is 2.77. The fourth-order valence-corrected chi connectivity index (χ4v) is 2.90. The lowest BCUT2D eigenvalue weighted by Crippen LogP contribution is -2.48. The average molecular weight is 269 g/mol. The molecule has 2 atom stereocenters. The van der Waals surface area contributed by atoms with E-state index in [1.807, 2.05) is 12.1 Å². The van der Waals surface area contributed by atoms with Crippen molar-refractivity contribution in [1.82, 2.24) is 4.90 Å². The first-order valence-corrected chi connectivity index (χ1v) is 6.88. The van der Waals surface area contributed by atoms with Crippen LogP contribution in [0.25, 0.3) is 0 Å². The molecule has 18 heavy (non-hydrogen) atoms. The van der Waals surface area contributed by atoms with E-state index in [0.717, 1.165) is 37.5 Å². The zero-order valence-electron chi connectivity index (χ0n) is 10.6. The standard InChI is InChI=1S/C14H21ClN2O/c15-13-3-1-11(2-4-13)7-12-8-14(16)10-17(9-12)5-6-18/h1-4,12,14,18H,5-10,16H2. The van der Waals surface area contributed by atoms with Crippen molar-refractivity contribution < 1.29 is 5.11 Å². The Hall–Kier alpha value is -0.610. The molecule has 1 saturated heterocycles. The third-order valence-electron chi connectivity index (χ3n) is 3.50. The summed E-state index contributed by atoms with van der Waals surface area (Å²) in [5.74, 6) is 0.571. The summed E-state index contributed by atoms with van der Waals surface area (Å²) in [5.41, 5.74) is 7.39. The molecule has 0 saturated carbocycles. The zero-order chi connectivity index (χ0) is 13.0. The SMILES string of the molecule is NC1CC(Cc2ccc(Cl)cc2)CN(CCO)C1. The molecule has 1 fully saturated rings. The summed E-state index contributed by atoms with van der Waals surface area (Å²) >= 11 is 5.89. The first-order chi connectivity index (χ1) is 8.67. The topological polar surface area (TPSA) is 49.5 Å². The van der Waals surface area contributed by atoms with Crippen molar-refractivity contribution in [2.24, 2.45) is 11.7 Å². The van der Waals surface area contributed by atoms with Gasteiger partial charge in [0.1, 0.15) is 0 Å². The van der Waals surface area contributed by atoms with E-state index >= 15 is 0 Å². The summed E-state index contributed by atoms with van der Waals surface area (Å²) in [7, 11) is 0. The van der Waals surface area contributed by atoms with Gasteiger partial charge in [0.15, 0.2) is 0 Å². The van der Waals surface area contributed by atoms with Gasteiger partial charge in [-0.3, -0.25) is 4.90 Å². The maximum atomic E-state index is 9.01. The van der Waals surface area contributed by atoms with Crippen molar-refractivity contribution in [2.75, 3.05) is 26.2 Å². The Morgan fingerprint density at radius 1 is 1.28 bits per heavy atom. The minimum absolute atomic E-state index is 0.209. The van der Waals surface area contributed by atoms with Crippen LogP contribution in [0.2, 0.25) is 5.02 Å². The highest BCUT2D eigenvalue weighted by molar-refractivity contribution is 6.30. The highest BCUT2D eigenvalue weighted by atomic mass is 35.5. The minimum Gasteiger partial charge on any atom is -0.395 e. The Kier molecular flexibility index (Phi) is 5.01. The molecule has 3 nitrogen and oxygen atoms in total. The predicted molar refractivity (Wildman–Crippen MR) is 74.8 cm³/mol. The number of likely N-dealkylation sites (tertiary alicyclic amines) is 1. The first-order valence-electron chi connectivity index (χ1n) is 6.50. The molecule has 0 amide bonds. The second kappa shape index (κ2) is 6.53. The highest BCUT2D eigenvalue weighted by Gasteiger charge is 2.24. The molecule has 0 bridgehead atoms. The van der Waals surface area contributed by atoms with Crippen LogP contribution in [0.5, 0.6) is 0 Å². The van der Waals surface area contributed by atoms with Gasteiger partial charge in [-0.2, -0.15) is 0 Å². The Bertz CT molecular complexity index is 369. The lowest BCUT2D eigenvalue weighted by molar-refractivity contribution is 0.127. The number of aliphatic hydroxyl groups is 1.